The molecular weight excluding hydrogens is 248 g/mol. The maximum absolute atomic E-state index is 11.4. The van der Waals surface area contributed by atoms with Crippen LogP contribution in [0.1, 0.15) is 23.6 Å². The predicted molar refractivity (Wildman–Crippen MR) is 71.7 cm³/mol. The molecule has 0 aromatic heterocycles. The van der Waals surface area contributed by atoms with Gasteiger partial charge >= 0.3 is 0 Å². The summed E-state index contributed by atoms with van der Waals surface area (Å²) in [6, 6.07) is 7.41. The molecule has 3 nitrogen and oxygen atoms in total. The van der Waals surface area contributed by atoms with E-state index in [1.54, 1.807) is 0 Å². The Labute approximate surface area is 108 Å². The molecule has 0 aromatic carbocycles. The molecule has 1 N–H and O–H groups in total. The number of fused-ring (bicyclic) bond motifs is 1. The normalized spacial score (nSPS) is 12.0. The summed E-state index contributed by atoms with van der Waals surface area (Å²) in [4.78, 5) is 0.00533. The van der Waals surface area contributed by atoms with Crippen LogP contribution >= 0.6 is 0 Å². The zero-order chi connectivity index (χ0) is 13.5. The number of aryl methyl sites for hydroxylation is 3. The van der Waals surface area contributed by atoms with Gasteiger partial charge in [0.1, 0.15) is 4.90 Å². The molecule has 0 spiro atoms. The third-order valence-corrected chi connectivity index (χ3v) is 4.12. The Kier molecular flexibility index (Phi) is 3.17. The van der Waals surface area contributed by atoms with Crippen LogP contribution in [-0.4, -0.2) is 13.0 Å². The van der Waals surface area contributed by atoms with Gasteiger partial charge in [-0.05, 0) is 48.6 Å². The van der Waals surface area contributed by atoms with Crippen LogP contribution < -0.4 is 0 Å². The summed E-state index contributed by atoms with van der Waals surface area (Å²) >= 11 is 0. The molecule has 0 radical (unpaired) electrons. The molecule has 96 valence electrons. The van der Waals surface area contributed by atoms with Crippen LogP contribution in [0.4, 0.5) is 0 Å². The molecule has 18 heavy (non-hydrogen) atoms. The van der Waals surface area contributed by atoms with E-state index in [4.69, 9.17) is 0 Å². The lowest BCUT2D eigenvalue weighted by Gasteiger charge is -2.02. The molecule has 0 saturated heterocycles. The minimum absolute atomic E-state index is 0.00533. The third-order valence-electron chi connectivity index (χ3n) is 3.25. The highest BCUT2D eigenvalue weighted by atomic mass is 32.2. The molecule has 0 heterocycles. The summed E-state index contributed by atoms with van der Waals surface area (Å²) in [5, 5.41) is 0. The molecule has 0 amide bonds. The highest BCUT2D eigenvalue weighted by Crippen LogP contribution is 2.37. The number of hydrogen-bond acceptors (Lipinski definition) is 2. The standard InChI is InChI=1S/C14H16O3S/c1-4-11-6-5-9(2)14-12(8-11)10(3)7-13(14)18(15,16)17/h5-8H,4H2,1-3H3,(H,15,16,17). The van der Waals surface area contributed by atoms with Crippen molar-refractivity contribution in [2.75, 3.05) is 0 Å². The van der Waals surface area contributed by atoms with Crippen molar-refractivity contribution in [1.82, 2.24) is 0 Å². The van der Waals surface area contributed by atoms with Crippen LogP contribution in [0, 0.1) is 13.8 Å². The summed E-state index contributed by atoms with van der Waals surface area (Å²) in [7, 11) is -4.18. The van der Waals surface area contributed by atoms with Crippen LogP contribution in [0.15, 0.2) is 29.2 Å². The van der Waals surface area contributed by atoms with Gasteiger partial charge in [-0.2, -0.15) is 8.42 Å². The first-order valence-corrected chi connectivity index (χ1v) is 7.29. The largest absolute Gasteiger partial charge is 0.295 e. The molecule has 0 aromatic rings. The predicted octanol–water partition coefficient (Wildman–Crippen LogP) is 3.22. The van der Waals surface area contributed by atoms with Gasteiger partial charge in [0.25, 0.3) is 10.1 Å². The first-order chi connectivity index (χ1) is 8.34. The Bertz CT molecular complexity index is 672. The lowest BCUT2D eigenvalue weighted by atomic mass is 10.1. The second-order valence-electron chi connectivity index (χ2n) is 4.54. The fraction of sp³-hybridized carbons (Fsp3) is 0.286. The van der Waals surface area contributed by atoms with Gasteiger partial charge in [-0.3, -0.25) is 4.55 Å². The highest BCUT2D eigenvalue weighted by molar-refractivity contribution is 7.86. The quantitative estimate of drug-likeness (QED) is 0.847. The van der Waals surface area contributed by atoms with Crippen molar-refractivity contribution in [3.63, 3.8) is 0 Å². The molecule has 0 unspecified atom stereocenters. The molecule has 0 atom stereocenters. The van der Waals surface area contributed by atoms with Crippen LogP contribution in [0.25, 0.3) is 11.1 Å². The van der Waals surface area contributed by atoms with Crippen molar-refractivity contribution >= 4 is 10.1 Å². The van der Waals surface area contributed by atoms with Crippen LogP contribution in [0.5, 0.6) is 0 Å². The second-order valence-corrected chi connectivity index (χ2v) is 5.93. The second kappa shape index (κ2) is 4.37. The molecule has 0 bridgehead atoms. The molecule has 0 aliphatic heterocycles. The van der Waals surface area contributed by atoms with Crippen molar-refractivity contribution in [1.29, 1.82) is 0 Å². The third kappa shape index (κ3) is 2.13. The summed E-state index contributed by atoms with van der Waals surface area (Å²) in [6.07, 6.45) is 0.884. The minimum Gasteiger partial charge on any atom is -0.282 e. The van der Waals surface area contributed by atoms with Gasteiger partial charge in [-0.1, -0.05) is 25.1 Å². The first-order valence-electron chi connectivity index (χ1n) is 5.85. The maximum Gasteiger partial charge on any atom is 0.295 e. The van der Waals surface area contributed by atoms with Crippen LogP contribution in [-0.2, 0) is 16.5 Å². The smallest absolute Gasteiger partial charge is 0.282 e. The van der Waals surface area contributed by atoms with Gasteiger partial charge in [-0.15, -0.1) is 0 Å². The molecule has 2 rings (SSSR count). The minimum atomic E-state index is -4.18. The molecule has 4 heteroatoms. The Morgan fingerprint density at radius 1 is 1.11 bits per heavy atom. The molecule has 2 aliphatic rings. The van der Waals surface area contributed by atoms with Gasteiger partial charge in [0, 0.05) is 5.56 Å². The summed E-state index contributed by atoms with van der Waals surface area (Å²) in [5.41, 5.74) is 4.37. The van der Waals surface area contributed by atoms with Crippen LogP contribution in [0.3, 0.4) is 0 Å². The van der Waals surface area contributed by atoms with E-state index in [0.29, 0.717) is 5.56 Å². The maximum atomic E-state index is 11.4. The summed E-state index contributed by atoms with van der Waals surface area (Å²) < 4.78 is 32.2. The van der Waals surface area contributed by atoms with Crippen molar-refractivity contribution in [3.8, 4) is 11.1 Å². The fourth-order valence-corrected chi connectivity index (χ4v) is 3.10. The highest BCUT2D eigenvalue weighted by Gasteiger charge is 2.23. The van der Waals surface area contributed by atoms with Gasteiger partial charge < -0.3 is 0 Å². The lowest BCUT2D eigenvalue weighted by molar-refractivity contribution is 0.483. The SMILES string of the molecule is CCc1ccc(C)c2c(S(=O)(=O)O)cc(C)c-2c1. The zero-order valence-electron chi connectivity index (χ0n) is 10.7. The van der Waals surface area contributed by atoms with Crippen molar-refractivity contribution < 1.29 is 13.0 Å². The average Bonchev–Trinajstić information content (AvgIpc) is 2.51. The van der Waals surface area contributed by atoms with Crippen molar-refractivity contribution in [3.05, 3.63) is 41.0 Å². The van der Waals surface area contributed by atoms with Crippen molar-refractivity contribution in [2.24, 2.45) is 0 Å². The average molecular weight is 264 g/mol. The number of rotatable bonds is 2. The van der Waals surface area contributed by atoms with E-state index in [0.717, 1.165) is 28.7 Å². The Morgan fingerprint density at radius 2 is 1.78 bits per heavy atom. The van der Waals surface area contributed by atoms with Gasteiger partial charge in [0.2, 0.25) is 0 Å². The zero-order valence-corrected chi connectivity index (χ0v) is 11.5. The van der Waals surface area contributed by atoms with Gasteiger partial charge in [0.05, 0.1) is 0 Å². The lowest BCUT2D eigenvalue weighted by Crippen LogP contribution is -1.97. The fourth-order valence-electron chi connectivity index (χ4n) is 2.24. The number of hydrogen-bond donors (Lipinski definition) is 1. The first kappa shape index (κ1) is 13.1. The molecular formula is C14H16O3S. The van der Waals surface area contributed by atoms with E-state index >= 15 is 0 Å². The Hall–Kier alpha value is -1.39. The molecule has 0 fully saturated rings. The van der Waals surface area contributed by atoms with E-state index < -0.39 is 10.1 Å². The van der Waals surface area contributed by atoms with Crippen molar-refractivity contribution in [2.45, 2.75) is 32.1 Å². The monoisotopic (exact) mass is 264 g/mol. The molecule has 0 saturated carbocycles. The van der Waals surface area contributed by atoms with Gasteiger partial charge in [0.15, 0.2) is 0 Å². The Balaban J connectivity index is 2.88. The summed E-state index contributed by atoms with van der Waals surface area (Å²) in [6.45, 7) is 5.77. The van der Waals surface area contributed by atoms with E-state index in [2.05, 4.69) is 6.92 Å². The summed E-state index contributed by atoms with van der Waals surface area (Å²) in [5.74, 6) is 0. The van der Waals surface area contributed by atoms with Crippen LogP contribution in [0.2, 0.25) is 0 Å². The van der Waals surface area contributed by atoms with E-state index in [1.807, 2.05) is 32.0 Å². The topological polar surface area (TPSA) is 54.4 Å². The molecule has 2 aliphatic carbocycles. The van der Waals surface area contributed by atoms with E-state index in [9.17, 15) is 13.0 Å². The van der Waals surface area contributed by atoms with E-state index in [1.165, 1.54) is 6.07 Å². The van der Waals surface area contributed by atoms with E-state index in [-0.39, 0.29) is 4.90 Å². The van der Waals surface area contributed by atoms with Gasteiger partial charge in [-0.25, -0.2) is 0 Å². The Morgan fingerprint density at radius 3 is 2.33 bits per heavy atom.